The minimum Gasteiger partial charge on any atom is -0.335 e. The summed E-state index contributed by atoms with van der Waals surface area (Å²) in [4.78, 5) is 21.6. The van der Waals surface area contributed by atoms with Crippen molar-refractivity contribution >= 4 is 23.5 Å². The fraction of sp³-hybridized carbons (Fsp3) is 0.190. The van der Waals surface area contributed by atoms with Gasteiger partial charge in [0.1, 0.15) is 11.6 Å². The molecule has 150 valence electrons. The second-order valence-corrected chi connectivity index (χ2v) is 7.55. The molecular formula is C21H20F2N4OS. The van der Waals surface area contributed by atoms with Crippen molar-refractivity contribution in [2.24, 2.45) is 0 Å². The Bertz CT molecular complexity index is 981. The molecule has 5 nitrogen and oxygen atoms in total. The number of rotatable bonds is 6. The highest BCUT2D eigenvalue weighted by Crippen LogP contribution is 2.27. The zero-order valence-electron chi connectivity index (χ0n) is 15.9. The van der Waals surface area contributed by atoms with Crippen LogP contribution in [0.2, 0.25) is 0 Å². The lowest BCUT2D eigenvalue weighted by molar-refractivity contribution is 0.249. The first-order chi connectivity index (χ1) is 13.9. The number of amides is 2. The van der Waals surface area contributed by atoms with E-state index in [9.17, 15) is 13.6 Å². The Hall–Kier alpha value is -3.00. The zero-order chi connectivity index (χ0) is 20.8. The van der Waals surface area contributed by atoms with Crippen molar-refractivity contribution in [3.05, 3.63) is 77.6 Å². The van der Waals surface area contributed by atoms with Crippen molar-refractivity contribution in [3.8, 4) is 0 Å². The SMILES string of the molecule is Cc1cc(Sc2ncccn2)ccc1NC(=O)NC(C)Cc1c(F)cccc1F. The van der Waals surface area contributed by atoms with Gasteiger partial charge in [-0.3, -0.25) is 0 Å². The number of anilines is 1. The number of hydrogen-bond acceptors (Lipinski definition) is 4. The van der Waals surface area contributed by atoms with Crippen LogP contribution < -0.4 is 10.6 Å². The molecule has 0 saturated carbocycles. The Morgan fingerprint density at radius 3 is 2.45 bits per heavy atom. The van der Waals surface area contributed by atoms with Crippen molar-refractivity contribution in [1.82, 2.24) is 15.3 Å². The molecule has 1 unspecified atom stereocenters. The van der Waals surface area contributed by atoms with Gasteiger partial charge in [-0.15, -0.1) is 0 Å². The highest BCUT2D eigenvalue weighted by atomic mass is 32.2. The largest absolute Gasteiger partial charge is 0.335 e. The van der Waals surface area contributed by atoms with Gasteiger partial charge in [-0.2, -0.15) is 0 Å². The predicted octanol–water partition coefficient (Wildman–Crippen LogP) is 4.97. The van der Waals surface area contributed by atoms with Crippen LogP contribution in [0.5, 0.6) is 0 Å². The molecule has 0 aliphatic heterocycles. The maximum atomic E-state index is 13.8. The summed E-state index contributed by atoms with van der Waals surface area (Å²) in [6.45, 7) is 3.57. The smallest absolute Gasteiger partial charge is 0.319 e. The van der Waals surface area contributed by atoms with E-state index in [1.807, 2.05) is 19.1 Å². The van der Waals surface area contributed by atoms with Gasteiger partial charge >= 0.3 is 6.03 Å². The third-order valence-electron chi connectivity index (χ3n) is 4.15. The zero-order valence-corrected chi connectivity index (χ0v) is 16.8. The van der Waals surface area contributed by atoms with E-state index in [0.29, 0.717) is 10.8 Å². The second-order valence-electron chi connectivity index (χ2n) is 6.51. The molecule has 1 atom stereocenters. The van der Waals surface area contributed by atoms with E-state index in [1.54, 1.807) is 31.5 Å². The van der Waals surface area contributed by atoms with Gasteiger partial charge in [0.15, 0.2) is 5.16 Å². The second kappa shape index (κ2) is 9.47. The Kier molecular flexibility index (Phi) is 6.77. The third-order valence-corrected chi connectivity index (χ3v) is 5.03. The van der Waals surface area contributed by atoms with Gasteiger partial charge in [0.05, 0.1) is 0 Å². The van der Waals surface area contributed by atoms with Crippen LogP contribution in [-0.4, -0.2) is 22.0 Å². The fourth-order valence-corrected chi connectivity index (χ4v) is 3.56. The molecule has 2 N–H and O–H groups in total. The molecule has 0 aliphatic rings. The normalized spacial score (nSPS) is 11.7. The van der Waals surface area contributed by atoms with E-state index in [0.717, 1.165) is 10.5 Å². The molecule has 8 heteroatoms. The summed E-state index contributed by atoms with van der Waals surface area (Å²) >= 11 is 1.42. The maximum Gasteiger partial charge on any atom is 0.319 e. The van der Waals surface area contributed by atoms with Crippen LogP contribution in [0, 0.1) is 18.6 Å². The summed E-state index contributed by atoms with van der Waals surface area (Å²) in [6, 6.07) is 10.2. The molecular weight excluding hydrogens is 394 g/mol. The average molecular weight is 414 g/mol. The minimum absolute atomic E-state index is 0.0408. The number of halogens is 2. The number of hydrogen-bond donors (Lipinski definition) is 2. The Balaban J connectivity index is 1.58. The summed E-state index contributed by atoms with van der Waals surface area (Å²) in [5.41, 5.74) is 1.47. The summed E-state index contributed by atoms with van der Waals surface area (Å²) in [5.74, 6) is -1.24. The van der Waals surface area contributed by atoms with E-state index in [2.05, 4.69) is 20.6 Å². The van der Waals surface area contributed by atoms with E-state index >= 15 is 0 Å². The average Bonchev–Trinajstić information content (AvgIpc) is 2.68. The van der Waals surface area contributed by atoms with Gasteiger partial charge in [-0.25, -0.2) is 23.5 Å². The van der Waals surface area contributed by atoms with Crippen LogP contribution in [0.1, 0.15) is 18.1 Å². The number of aromatic nitrogens is 2. The van der Waals surface area contributed by atoms with Gasteiger partial charge < -0.3 is 10.6 Å². The molecule has 29 heavy (non-hydrogen) atoms. The summed E-state index contributed by atoms with van der Waals surface area (Å²) < 4.78 is 27.5. The van der Waals surface area contributed by atoms with Gasteiger partial charge in [0.2, 0.25) is 0 Å². The minimum atomic E-state index is -0.620. The molecule has 0 bridgehead atoms. The number of aryl methyl sites for hydroxylation is 1. The van der Waals surface area contributed by atoms with Gasteiger partial charge in [-0.1, -0.05) is 6.07 Å². The quantitative estimate of drug-likeness (QED) is 0.559. The number of urea groups is 1. The Morgan fingerprint density at radius 2 is 1.79 bits per heavy atom. The molecule has 0 fully saturated rings. The Morgan fingerprint density at radius 1 is 1.10 bits per heavy atom. The van der Waals surface area contributed by atoms with Crippen LogP contribution in [0.15, 0.2) is 64.9 Å². The first-order valence-corrected chi connectivity index (χ1v) is 9.80. The summed E-state index contributed by atoms with van der Waals surface area (Å²) in [5, 5.41) is 6.11. The predicted molar refractivity (Wildman–Crippen MR) is 109 cm³/mol. The Labute approximate surface area is 172 Å². The molecule has 3 aromatic rings. The van der Waals surface area contributed by atoms with Crippen molar-refractivity contribution in [1.29, 1.82) is 0 Å². The van der Waals surface area contributed by atoms with E-state index in [4.69, 9.17) is 0 Å². The molecule has 0 saturated heterocycles. The van der Waals surface area contributed by atoms with Crippen LogP contribution in [-0.2, 0) is 6.42 Å². The monoisotopic (exact) mass is 414 g/mol. The molecule has 1 aromatic heterocycles. The molecule has 2 amide bonds. The topological polar surface area (TPSA) is 66.9 Å². The summed E-state index contributed by atoms with van der Waals surface area (Å²) in [6.07, 6.45) is 3.41. The van der Waals surface area contributed by atoms with Crippen molar-refractivity contribution in [2.45, 2.75) is 36.4 Å². The molecule has 3 rings (SSSR count). The van der Waals surface area contributed by atoms with Crippen molar-refractivity contribution in [3.63, 3.8) is 0 Å². The van der Waals surface area contributed by atoms with Gasteiger partial charge in [-0.05, 0) is 74.0 Å². The lowest BCUT2D eigenvalue weighted by atomic mass is 10.1. The number of benzene rings is 2. The van der Waals surface area contributed by atoms with Crippen LogP contribution >= 0.6 is 11.8 Å². The standard InChI is InChI=1S/C21H20F2N4OS/c1-13-11-15(29-21-24-9-4-10-25-21)7-8-19(13)27-20(28)26-14(2)12-16-17(22)5-3-6-18(16)23/h3-11,14H,12H2,1-2H3,(H2,26,27,28). The molecule has 0 spiro atoms. The van der Waals surface area contributed by atoms with Crippen molar-refractivity contribution in [2.75, 3.05) is 5.32 Å². The van der Waals surface area contributed by atoms with E-state index in [-0.39, 0.29) is 12.0 Å². The first kappa shape index (κ1) is 20.7. The lowest BCUT2D eigenvalue weighted by Gasteiger charge is -2.16. The van der Waals surface area contributed by atoms with Gasteiger partial charge in [0, 0.05) is 34.6 Å². The number of nitrogens with one attached hydrogen (secondary N) is 2. The summed E-state index contributed by atoms with van der Waals surface area (Å²) in [7, 11) is 0. The highest BCUT2D eigenvalue weighted by molar-refractivity contribution is 7.99. The van der Waals surface area contributed by atoms with Crippen LogP contribution in [0.4, 0.5) is 19.3 Å². The number of carbonyl (C=O) groups excluding carboxylic acids is 1. The molecule has 0 aliphatic carbocycles. The lowest BCUT2D eigenvalue weighted by Crippen LogP contribution is -2.37. The van der Waals surface area contributed by atoms with E-state index < -0.39 is 23.7 Å². The van der Waals surface area contributed by atoms with Crippen LogP contribution in [0.3, 0.4) is 0 Å². The fourth-order valence-electron chi connectivity index (χ4n) is 2.75. The highest BCUT2D eigenvalue weighted by Gasteiger charge is 2.15. The molecule has 2 aromatic carbocycles. The first-order valence-electron chi connectivity index (χ1n) is 8.98. The van der Waals surface area contributed by atoms with Gasteiger partial charge in [0.25, 0.3) is 0 Å². The van der Waals surface area contributed by atoms with Crippen LogP contribution in [0.25, 0.3) is 0 Å². The molecule has 1 heterocycles. The maximum absolute atomic E-state index is 13.8. The van der Waals surface area contributed by atoms with E-state index in [1.165, 1.54) is 30.0 Å². The number of nitrogens with zero attached hydrogens (tertiary/aromatic N) is 2. The number of carbonyl (C=O) groups is 1. The van der Waals surface area contributed by atoms with Crippen molar-refractivity contribution < 1.29 is 13.6 Å². The molecule has 0 radical (unpaired) electrons. The third kappa shape index (κ3) is 5.74.